The van der Waals surface area contributed by atoms with Gasteiger partial charge in [-0.25, -0.2) is 0 Å². The summed E-state index contributed by atoms with van der Waals surface area (Å²) in [6, 6.07) is 6.09. The summed E-state index contributed by atoms with van der Waals surface area (Å²) < 4.78 is 1.02. The minimum atomic E-state index is -0.264. The van der Waals surface area contributed by atoms with Crippen molar-refractivity contribution in [2.75, 3.05) is 31.1 Å². The number of anilines is 1. The number of halogens is 1. The topological polar surface area (TPSA) is 52.7 Å². The highest BCUT2D eigenvalue weighted by atomic mass is 79.9. The van der Waals surface area contributed by atoms with E-state index in [4.69, 9.17) is 0 Å². The molecule has 0 radical (unpaired) electrons. The second kappa shape index (κ2) is 9.23. The van der Waals surface area contributed by atoms with Crippen LogP contribution >= 0.6 is 15.9 Å². The van der Waals surface area contributed by atoms with Crippen LogP contribution in [-0.2, 0) is 9.59 Å². The van der Waals surface area contributed by atoms with Crippen LogP contribution in [0.5, 0.6) is 0 Å². The number of carbonyl (C=O) groups is 2. The fraction of sp³-hybridized carbons (Fsp3) is 0.545. The smallest absolute Gasteiger partial charge is 0.227 e. The van der Waals surface area contributed by atoms with Crippen molar-refractivity contribution in [3.63, 3.8) is 0 Å². The van der Waals surface area contributed by atoms with E-state index in [2.05, 4.69) is 46.1 Å². The van der Waals surface area contributed by atoms with Gasteiger partial charge in [0.25, 0.3) is 0 Å². The van der Waals surface area contributed by atoms with E-state index in [0.29, 0.717) is 13.0 Å². The zero-order valence-electron chi connectivity index (χ0n) is 17.0. The van der Waals surface area contributed by atoms with Crippen molar-refractivity contribution >= 4 is 33.4 Å². The number of allylic oxidation sites excluding steroid dienone is 1. The molecule has 2 saturated heterocycles. The number of amides is 2. The van der Waals surface area contributed by atoms with Gasteiger partial charge in [0.1, 0.15) is 0 Å². The molecule has 152 valence electrons. The Bertz CT molecular complexity index is 765. The lowest BCUT2D eigenvalue weighted by molar-refractivity contribution is -0.127. The number of hydrogen-bond acceptors (Lipinski definition) is 3. The van der Waals surface area contributed by atoms with Crippen LogP contribution in [-0.4, -0.2) is 48.9 Å². The van der Waals surface area contributed by atoms with Crippen LogP contribution in [0.1, 0.15) is 38.7 Å². The van der Waals surface area contributed by atoms with Gasteiger partial charge in [0.05, 0.1) is 5.92 Å². The van der Waals surface area contributed by atoms with Gasteiger partial charge in [0.15, 0.2) is 0 Å². The molecule has 1 atom stereocenters. The highest BCUT2D eigenvalue weighted by Gasteiger charge is 2.36. The molecule has 6 heteroatoms. The van der Waals surface area contributed by atoms with E-state index < -0.39 is 0 Å². The van der Waals surface area contributed by atoms with Crippen molar-refractivity contribution in [1.82, 2.24) is 10.2 Å². The van der Waals surface area contributed by atoms with Crippen molar-refractivity contribution in [3.8, 4) is 0 Å². The summed E-state index contributed by atoms with van der Waals surface area (Å²) in [4.78, 5) is 29.4. The lowest BCUT2D eigenvalue weighted by Gasteiger charge is -2.32. The molecule has 1 unspecified atom stereocenters. The number of rotatable bonds is 5. The molecule has 0 spiro atoms. The van der Waals surface area contributed by atoms with Crippen molar-refractivity contribution in [3.05, 3.63) is 39.9 Å². The van der Waals surface area contributed by atoms with Crippen LogP contribution in [0.15, 0.2) is 34.3 Å². The van der Waals surface area contributed by atoms with Gasteiger partial charge in [-0.1, -0.05) is 27.6 Å². The molecule has 2 aliphatic heterocycles. The molecule has 0 aromatic heterocycles. The molecule has 2 amide bonds. The van der Waals surface area contributed by atoms with Crippen LogP contribution in [0.2, 0.25) is 0 Å². The molecular weight excluding hydrogens is 418 g/mol. The predicted molar refractivity (Wildman–Crippen MR) is 116 cm³/mol. The number of hydrogen-bond donors (Lipinski definition) is 1. The van der Waals surface area contributed by atoms with Gasteiger partial charge >= 0.3 is 0 Å². The number of likely N-dealkylation sites (tertiary alicyclic amines) is 1. The molecule has 2 aliphatic rings. The van der Waals surface area contributed by atoms with E-state index in [0.717, 1.165) is 48.2 Å². The summed E-state index contributed by atoms with van der Waals surface area (Å²) in [6.45, 7) is 9.70. The molecule has 5 nitrogen and oxygen atoms in total. The quantitative estimate of drug-likeness (QED) is 0.700. The molecule has 1 N–H and O–H groups in total. The fourth-order valence-corrected chi connectivity index (χ4v) is 4.07. The summed E-state index contributed by atoms with van der Waals surface area (Å²) in [6.07, 6.45) is 4.49. The van der Waals surface area contributed by atoms with E-state index in [-0.39, 0.29) is 23.8 Å². The number of carbonyl (C=O) groups excluding carboxylic acids is 2. The Hall–Kier alpha value is -1.66. The zero-order valence-corrected chi connectivity index (χ0v) is 18.6. The Morgan fingerprint density at radius 2 is 2.00 bits per heavy atom. The molecule has 1 aromatic carbocycles. The van der Waals surface area contributed by atoms with E-state index >= 15 is 0 Å². The van der Waals surface area contributed by atoms with Crippen LogP contribution < -0.4 is 10.2 Å². The first-order valence-corrected chi connectivity index (χ1v) is 10.9. The Morgan fingerprint density at radius 3 is 2.64 bits per heavy atom. The van der Waals surface area contributed by atoms with Gasteiger partial charge in [0.2, 0.25) is 11.8 Å². The van der Waals surface area contributed by atoms with Gasteiger partial charge in [-0.05, 0) is 57.4 Å². The van der Waals surface area contributed by atoms with E-state index in [9.17, 15) is 9.59 Å². The fourth-order valence-electron chi connectivity index (χ4n) is 3.82. The molecule has 3 rings (SSSR count). The first-order chi connectivity index (χ1) is 13.3. The van der Waals surface area contributed by atoms with Gasteiger partial charge in [-0.2, -0.15) is 0 Å². The SMILES string of the molecule is CC(C)=CCN1CCC(NC(=O)C2CC(=O)N(c3ccc(Br)c(C)c3)C2)CC1. The van der Waals surface area contributed by atoms with Crippen molar-refractivity contribution < 1.29 is 9.59 Å². The number of nitrogens with zero attached hydrogens (tertiary/aromatic N) is 2. The van der Waals surface area contributed by atoms with Gasteiger partial charge in [-0.15, -0.1) is 0 Å². The zero-order chi connectivity index (χ0) is 20.3. The van der Waals surface area contributed by atoms with Gasteiger partial charge in [-0.3, -0.25) is 14.5 Å². The maximum absolute atomic E-state index is 12.7. The standard InChI is InChI=1S/C22H30BrN3O2/c1-15(2)6-9-25-10-7-18(8-11-25)24-22(28)17-13-21(27)26(14-17)19-4-5-20(23)16(3)12-19/h4-6,12,17-18H,7-11,13-14H2,1-3H3,(H,24,28). The largest absolute Gasteiger partial charge is 0.353 e. The average Bonchev–Trinajstić information content (AvgIpc) is 3.05. The lowest BCUT2D eigenvalue weighted by atomic mass is 10.0. The first-order valence-electron chi connectivity index (χ1n) is 10.1. The summed E-state index contributed by atoms with van der Waals surface area (Å²) in [5.74, 6) is -0.217. The van der Waals surface area contributed by atoms with E-state index in [1.807, 2.05) is 25.1 Å². The maximum atomic E-state index is 12.7. The molecule has 2 fully saturated rings. The summed E-state index contributed by atoms with van der Waals surface area (Å²) in [7, 11) is 0. The van der Waals surface area contributed by atoms with Crippen molar-refractivity contribution in [1.29, 1.82) is 0 Å². The van der Waals surface area contributed by atoms with Gasteiger partial charge in [0, 0.05) is 48.8 Å². The molecule has 0 saturated carbocycles. The highest BCUT2D eigenvalue weighted by molar-refractivity contribution is 9.10. The molecule has 0 bridgehead atoms. The Labute approximate surface area is 176 Å². The molecule has 1 aromatic rings. The molecule has 2 heterocycles. The van der Waals surface area contributed by atoms with E-state index in [1.165, 1.54) is 5.57 Å². The summed E-state index contributed by atoms with van der Waals surface area (Å²) in [5.41, 5.74) is 3.29. The summed E-state index contributed by atoms with van der Waals surface area (Å²) in [5, 5.41) is 3.19. The summed E-state index contributed by atoms with van der Waals surface area (Å²) >= 11 is 3.49. The third-order valence-corrected chi connectivity index (χ3v) is 6.53. The minimum absolute atomic E-state index is 0.0208. The lowest BCUT2D eigenvalue weighted by Crippen LogP contribution is -2.46. The third-order valence-electron chi connectivity index (χ3n) is 5.64. The number of nitrogens with one attached hydrogen (secondary N) is 1. The van der Waals surface area contributed by atoms with Gasteiger partial charge < -0.3 is 10.2 Å². The number of piperidine rings is 1. The third kappa shape index (κ3) is 5.23. The Kier molecular flexibility index (Phi) is 6.94. The second-order valence-electron chi connectivity index (χ2n) is 8.20. The average molecular weight is 448 g/mol. The minimum Gasteiger partial charge on any atom is -0.353 e. The first kappa shape index (κ1) is 21.1. The monoisotopic (exact) mass is 447 g/mol. The van der Waals surface area contributed by atoms with Crippen LogP contribution in [0.25, 0.3) is 0 Å². The highest BCUT2D eigenvalue weighted by Crippen LogP contribution is 2.28. The van der Waals surface area contributed by atoms with Crippen LogP contribution in [0.3, 0.4) is 0 Å². The normalized spacial score (nSPS) is 21.1. The van der Waals surface area contributed by atoms with Crippen molar-refractivity contribution in [2.45, 2.75) is 46.1 Å². The number of benzene rings is 1. The Morgan fingerprint density at radius 1 is 1.29 bits per heavy atom. The van der Waals surface area contributed by atoms with E-state index in [1.54, 1.807) is 4.90 Å². The second-order valence-corrected chi connectivity index (χ2v) is 9.06. The Balaban J connectivity index is 1.51. The van der Waals surface area contributed by atoms with Crippen LogP contribution in [0, 0.1) is 12.8 Å². The predicted octanol–water partition coefficient (Wildman–Crippen LogP) is 3.66. The number of aryl methyl sites for hydroxylation is 1. The molecular formula is C22H30BrN3O2. The maximum Gasteiger partial charge on any atom is 0.227 e. The molecule has 28 heavy (non-hydrogen) atoms. The molecule has 0 aliphatic carbocycles. The van der Waals surface area contributed by atoms with Crippen molar-refractivity contribution in [2.24, 2.45) is 5.92 Å². The van der Waals surface area contributed by atoms with Crippen LogP contribution in [0.4, 0.5) is 5.69 Å².